The summed E-state index contributed by atoms with van der Waals surface area (Å²) in [6, 6.07) is 11.2. The summed E-state index contributed by atoms with van der Waals surface area (Å²) < 4.78 is 47.7. The molecule has 1 amide bonds. The molecule has 0 radical (unpaired) electrons. The SMILES string of the molecule is CNC(=O)c1cccc(C)c1Nc1nc(Nc2ccc(N3CCN(C4C5CC(N(C)C)C[P+]54N)CC3)cc2OC)ncc1C(F)(F)F. The van der Waals surface area contributed by atoms with Gasteiger partial charge in [-0.05, 0) is 44.8 Å². The standard InChI is InChI=1S/C32H41F3N9O2P/c1-19-7-6-8-22(29(45)37-2)27(19)40-28-23(32(33,34)35)17-38-31(41-28)39-24-10-9-20(15-25(24)46-5)43-11-13-44(14-12-43)30-26-16-21(42(3)4)18-47(26,30)36/h6-10,15,17,21,26,30H,11-14,16,18,36H2,1-5H3,(H2-,37,38,39,40,41,45)/p+1. The molecule has 0 spiro atoms. The van der Waals surface area contributed by atoms with Crippen LogP contribution in [-0.2, 0) is 6.18 Å². The molecule has 252 valence electrons. The number of methoxy groups -OCH3 is 1. The number of carbonyl (C=O) groups excluding carboxylic acids is 1. The van der Waals surface area contributed by atoms with Crippen LogP contribution in [0, 0.1) is 6.92 Å². The largest absolute Gasteiger partial charge is 0.494 e. The van der Waals surface area contributed by atoms with Crippen molar-refractivity contribution in [2.45, 2.75) is 37.0 Å². The zero-order valence-corrected chi connectivity index (χ0v) is 28.1. The third kappa shape index (κ3) is 6.43. The number of alkyl halides is 3. The van der Waals surface area contributed by atoms with E-state index in [1.807, 2.05) is 18.2 Å². The molecule has 0 aliphatic carbocycles. The molecule has 47 heavy (non-hydrogen) atoms. The molecule has 3 fully saturated rings. The van der Waals surface area contributed by atoms with Crippen molar-refractivity contribution in [1.82, 2.24) is 25.1 Å². The van der Waals surface area contributed by atoms with Gasteiger partial charge >= 0.3 is 6.18 Å². The lowest BCUT2D eigenvalue weighted by Gasteiger charge is -2.36. The molecule has 0 saturated carbocycles. The number of carbonyl (C=O) groups is 1. The summed E-state index contributed by atoms with van der Waals surface area (Å²) in [5.74, 6) is 0.0668. The fraction of sp³-hybridized carbons (Fsp3) is 0.469. The van der Waals surface area contributed by atoms with Crippen molar-refractivity contribution in [3.05, 3.63) is 59.3 Å². The van der Waals surface area contributed by atoms with Gasteiger partial charge in [-0.2, -0.15) is 18.2 Å². The number of piperazine rings is 1. The number of aromatic nitrogens is 2. The molecule has 4 atom stereocenters. The van der Waals surface area contributed by atoms with Crippen molar-refractivity contribution >= 4 is 42.1 Å². The predicted octanol–water partition coefficient (Wildman–Crippen LogP) is 4.71. The van der Waals surface area contributed by atoms with Gasteiger partial charge in [-0.3, -0.25) is 9.69 Å². The zero-order valence-electron chi connectivity index (χ0n) is 27.2. The number of aryl methyl sites for hydroxylation is 1. The number of ether oxygens (including phenoxy) is 1. The Bertz CT molecular complexity index is 1650. The van der Waals surface area contributed by atoms with Crippen LogP contribution in [0.5, 0.6) is 5.75 Å². The van der Waals surface area contributed by atoms with Gasteiger partial charge < -0.3 is 30.5 Å². The molecule has 11 nitrogen and oxygen atoms in total. The first-order valence-corrected chi connectivity index (χ1v) is 17.8. The van der Waals surface area contributed by atoms with Crippen molar-refractivity contribution in [3.63, 3.8) is 0 Å². The Labute approximate surface area is 273 Å². The lowest BCUT2D eigenvalue weighted by atomic mass is 10.1. The van der Waals surface area contributed by atoms with E-state index in [1.54, 1.807) is 26.2 Å². The number of benzene rings is 2. The van der Waals surface area contributed by atoms with E-state index >= 15 is 0 Å². The summed E-state index contributed by atoms with van der Waals surface area (Å²) in [7, 11) is 5.92. The first-order chi connectivity index (χ1) is 22.3. The van der Waals surface area contributed by atoms with Crippen LogP contribution in [0.1, 0.15) is 27.9 Å². The van der Waals surface area contributed by atoms with E-state index in [2.05, 4.69) is 54.7 Å². The van der Waals surface area contributed by atoms with Crippen LogP contribution in [0.4, 0.5) is 42.0 Å². The number of halogens is 3. The molecule has 6 rings (SSSR count). The van der Waals surface area contributed by atoms with E-state index in [4.69, 9.17) is 10.2 Å². The fourth-order valence-corrected chi connectivity index (χ4v) is 11.9. The van der Waals surface area contributed by atoms with Crippen LogP contribution in [0.15, 0.2) is 42.6 Å². The Morgan fingerprint density at radius 3 is 2.49 bits per heavy atom. The quantitative estimate of drug-likeness (QED) is 0.238. The van der Waals surface area contributed by atoms with E-state index in [-0.39, 0.29) is 17.2 Å². The molecular weight excluding hydrogens is 630 g/mol. The average molecular weight is 673 g/mol. The third-order valence-corrected chi connectivity index (χ3v) is 13.8. The summed E-state index contributed by atoms with van der Waals surface area (Å²) in [4.78, 5) is 27.8. The molecule has 3 aliphatic heterocycles. The van der Waals surface area contributed by atoms with Gasteiger partial charge in [0, 0.05) is 63.6 Å². The Morgan fingerprint density at radius 1 is 1.13 bits per heavy atom. The summed E-state index contributed by atoms with van der Waals surface area (Å²) in [5, 5.41) is 8.29. The van der Waals surface area contributed by atoms with Crippen molar-refractivity contribution in [3.8, 4) is 5.75 Å². The summed E-state index contributed by atoms with van der Waals surface area (Å²) in [6.07, 6.45) is -1.65. The maximum Gasteiger partial charge on any atom is 0.421 e. The topological polar surface area (TPSA) is 124 Å². The maximum absolute atomic E-state index is 14.0. The molecule has 1 aromatic heterocycles. The van der Waals surface area contributed by atoms with Crippen LogP contribution < -0.4 is 31.1 Å². The van der Waals surface area contributed by atoms with Crippen molar-refractivity contribution in [2.75, 3.05) is 76.1 Å². The predicted molar refractivity (Wildman–Crippen MR) is 181 cm³/mol. The molecule has 3 aromatic rings. The monoisotopic (exact) mass is 672 g/mol. The summed E-state index contributed by atoms with van der Waals surface area (Å²) >= 11 is 0. The first-order valence-electron chi connectivity index (χ1n) is 15.6. The number of nitrogens with zero attached hydrogens (tertiary/aromatic N) is 5. The maximum atomic E-state index is 14.0. The van der Waals surface area contributed by atoms with Crippen molar-refractivity contribution in [2.24, 2.45) is 5.50 Å². The highest BCUT2D eigenvalue weighted by Gasteiger charge is 2.78. The number of nitrogens with two attached hydrogens (primary N) is 1. The minimum Gasteiger partial charge on any atom is -0.494 e. The number of nitrogens with one attached hydrogen (secondary N) is 3. The Morgan fingerprint density at radius 2 is 1.87 bits per heavy atom. The number of hydrogen-bond donors (Lipinski definition) is 4. The second kappa shape index (κ2) is 12.7. The molecular formula is C32H42F3N9O2P+. The zero-order chi connectivity index (χ0) is 33.7. The van der Waals surface area contributed by atoms with E-state index in [1.165, 1.54) is 19.5 Å². The van der Waals surface area contributed by atoms with Gasteiger partial charge in [-0.15, -0.1) is 0 Å². The van der Waals surface area contributed by atoms with E-state index in [0.29, 0.717) is 34.5 Å². The Hall–Kier alpha value is -3.71. The Kier molecular flexibility index (Phi) is 8.98. The van der Waals surface area contributed by atoms with E-state index in [0.717, 1.165) is 44.2 Å². The molecule has 4 unspecified atom stereocenters. The highest BCUT2D eigenvalue weighted by atomic mass is 31.2. The fourth-order valence-electron chi connectivity index (χ4n) is 7.02. The molecule has 3 saturated heterocycles. The highest BCUT2D eigenvalue weighted by molar-refractivity contribution is 7.82. The molecule has 15 heteroatoms. The van der Waals surface area contributed by atoms with Crippen LogP contribution >= 0.6 is 7.41 Å². The molecule has 0 bridgehead atoms. The van der Waals surface area contributed by atoms with Crippen molar-refractivity contribution in [1.29, 1.82) is 0 Å². The van der Waals surface area contributed by atoms with Gasteiger partial charge in [0.05, 0.1) is 30.2 Å². The van der Waals surface area contributed by atoms with Gasteiger partial charge in [0.1, 0.15) is 30.2 Å². The number of fused-ring (bicyclic) bond motifs is 1. The molecule has 4 heterocycles. The molecule has 5 N–H and O–H groups in total. The van der Waals surface area contributed by atoms with Crippen LogP contribution in [0.2, 0.25) is 0 Å². The minimum atomic E-state index is -4.74. The number of hydrogen-bond acceptors (Lipinski definition) is 10. The normalized spacial score (nSPS) is 24.2. The number of anilines is 5. The van der Waals surface area contributed by atoms with Crippen LogP contribution in [0.3, 0.4) is 0 Å². The lowest BCUT2D eigenvalue weighted by molar-refractivity contribution is -0.137. The minimum absolute atomic E-state index is 0.0687. The van der Waals surface area contributed by atoms with Gasteiger partial charge in [0.15, 0.2) is 5.78 Å². The highest BCUT2D eigenvalue weighted by Crippen LogP contribution is 2.84. The number of para-hydroxylation sites is 1. The smallest absolute Gasteiger partial charge is 0.421 e. The van der Waals surface area contributed by atoms with E-state index in [9.17, 15) is 18.0 Å². The van der Waals surface area contributed by atoms with Gasteiger partial charge in [0.25, 0.3) is 5.91 Å². The van der Waals surface area contributed by atoms with Crippen LogP contribution in [0.25, 0.3) is 0 Å². The number of rotatable bonds is 9. The van der Waals surface area contributed by atoms with Gasteiger partial charge in [-0.25, -0.2) is 10.5 Å². The number of amides is 1. The van der Waals surface area contributed by atoms with E-state index < -0.39 is 30.9 Å². The Balaban J connectivity index is 1.17. The van der Waals surface area contributed by atoms with Gasteiger partial charge in [-0.1, -0.05) is 12.1 Å². The lowest BCUT2D eigenvalue weighted by Crippen LogP contribution is -2.49. The third-order valence-electron chi connectivity index (χ3n) is 9.70. The molecule has 2 aromatic carbocycles. The first kappa shape index (κ1) is 33.2. The summed E-state index contributed by atoms with van der Waals surface area (Å²) in [5.41, 5.74) is 9.03. The second-order valence-corrected chi connectivity index (χ2v) is 16.2. The average Bonchev–Trinajstić information content (AvgIpc) is 3.44. The second-order valence-electron chi connectivity index (χ2n) is 12.7. The molecule has 3 aliphatic rings. The van der Waals surface area contributed by atoms with Crippen LogP contribution in [-0.4, -0.2) is 104 Å². The van der Waals surface area contributed by atoms with Crippen molar-refractivity contribution < 1.29 is 22.7 Å². The van der Waals surface area contributed by atoms with Gasteiger partial charge in [0.2, 0.25) is 5.95 Å². The summed E-state index contributed by atoms with van der Waals surface area (Å²) in [6.45, 7) is 5.33.